The number of nitrogens with zero attached hydrogens (tertiary/aromatic N) is 3. The highest BCUT2D eigenvalue weighted by molar-refractivity contribution is 7.99. The highest BCUT2D eigenvalue weighted by atomic mass is 35.5. The Morgan fingerprint density at radius 3 is 2.52 bits per heavy atom. The largest absolute Gasteiger partial charge is 0.342 e. The summed E-state index contributed by atoms with van der Waals surface area (Å²) in [7, 11) is 1.83. The van der Waals surface area contributed by atoms with E-state index in [0.29, 0.717) is 27.3 Å². The van der Waals surface area contributed by atoms with Gasteiger partial charge in [-0.05, 0) is 36.2 Å². The molecule has 3 rings (SSSR count). The number of hydrogen-bond acceptors (Lipinski definition) is 5. The molecular weight excluding hydrogens is 434 g/mol. The van der Waals surface area contributed by atoms with Crippen LogP contribution in [0.1, 0.15) is 36.1 Å². The van der Waals surface area contributed by atoms with Crippen molar-refractivity contribution in [2.45, 2.75) is 25.0 Å². The predicted octanol–water partition coefficient (Wildman–Crippen LogP) is 4.33. The van der Waals surface area contributed by atoms with E-state index in [1.54, 1.807) is 36.4 Å². The van der Waals surface area contributed by atoms with E-state index in [1.807, 2.05) is 43.7 Å². The monoisotopic (exact) mass is 457 g/mol. The number of nitrogens with one attached hydrogen (secondary N) is 2. The second-order valence-electron chi connectivity index (χ2n) is 7.31. The molecule has 0 fully saturated rings. The van der Waals surface area contributed by atoms with Gasteiger partial charge >= 0.3 is 0 Å². The van der Waals surface area contributed by atoms with Crippen LogP contribution in [0.2, 0.25) is 5.02 Å². The molecule has 2 aromatic carbocycles. The van der Waals surface area contributed by atoms with Crippen LogP contribution in [0.25, 0.3) is 0 Å². The number of aromatic nitrogens is 3. The van der Waals surface area contributed by atoms with Crippen molar-refractivity contribution in [2.24, 2.45) is 13.0 Å². The predicted molar refractivity (Wildman–Crippen MR) is 123 cm³/mol. The van der Waals surface area contributed by atoms with Crippen molar-refractivity contribution in [1.82, 2.24) is 20.1 Å². The van der Waals surface area contributed by atoms with E-state index in [1.165, 1.54) is 11.8 Å². The number of hydrogen-bond donors (Lipinski definition) is 2. The van der Waals surface area contributed by atoms with Gasteiger partial charge in [0.15, 0.2) is 11.0 Å². The van der Waals surface area contributed by atoms with Crippen LogP contribution in [-0.4, -0.2) is 32.3 Å². The maximum absolute atomic E-state index is 12.6. The minimum atomic E-state index is -0.320. The molecule has 0 aliphatic heterocycles. The van der Waals surface area contributed by atoms with Crippen molar-refractivity contribution < 1.29 is 9.59 Å². The summed E-state index contributed by atoms with van der Waals surface area (Å²) in [4.78, 5) is 24.9. The average molecular weight is 458 g/mol. The molecule has 0 bridgehead atoms. The maximum atomic E-state index is 12.6. The fourth-order valence-electron chi connectivity index (χ4n) is 2.96. The number of carbonyl (C=O) groups excluding carboxylic acids is 2. The van der Waals surface area contributed by atoms with Crippen LogP contribution in [0.5, 0.6) is 0 Å². The lowest BCUT2D eigenvalue weighted by atomic mass is 10.0. The molecule has 2 N–H and O–H groups in total. The molecule has 1 aromatic heterocycles. The Labute approximate surface area is 190 Å². The summed E-state index contributed by atoms with van der Waals surface area (Å²) in [5.41, 5.74) is 1.22. The van der Waals surface area contributed by atoms with Crippen LogP contribution in [0.15, 0.2) is 59.8 Å². The molecule has 1 atom stereocenters. The summed E-state index contributed by atoms with van der Waals surface area (Å²) in [6.07, 6.45) is 0. The van der Waals surface area contributed by atoms with Gasteiger partial charge < -0.3 is 15.2 Å². The normalized spacial score (nSPS) is 11.9. The van der Waals surface area contributed by atoms with Crippen molar-refractivity contribution >= 4 is 40.9 Å². The molecule has 3 aromatic rings. The third kappa shape index (κ3) is 6.08. The summed E-state index contributed by atoms with van der Waals surface area (Å²) in [5.74, 6) is 0.560. The first-order valence-electron chi connectivity index (χ1n) is 9.78. The van der Waals surface area contributed by atoms with Gasteiger partial charge in [0.25, 0.3) is 5.91 Å². The number of amides is 2. The molecule has 0 radical (unpaired) electrons. The molecule has 0 saturated carbocycles. The molecule has 1 heterocycles. The zero-order valence-electron chi connectivity index (χ0n) is 17.5. The number of anilines is 1. The second-order valence-corrected chi connectivity index (χ2v) is 8.69. The van der Waals surface area contributed by atoms with Crippen molar-refractivity contribution in [1.29, 1.82) is 0 Å². The lowest BCUT2D eigenvalue weighted by Gasteiger charge is -2.21. The molecule has 9 heteroatoms. The quantitative estimate of drug-likeness (QED) is 0.491. The van der Waals surface area contributed by atoms with Gasteiger partial charge in [-0.1, -0.05) is 61.5 Å². The summed E-state index contributed by atoms with van der Waals surface area (Å²) < 4.78 is 1.81. The van der Waals surface area contributed by atoms with E-state index in [-0.39, 0.29) is 29.5 Å². The van der Waals surface area contributed by atoms with Gasteiger partial charge in [0.2, 0.25) is 5.91 Å². The molecule has 0 saturated heterocycles. The van der Waals surface area contributed by atoms with Crippen LogP contribution >= 0.6 is 23.4 Å². The number of thioether (sulfide) groups is 1. The van der Waals surface area contributed by atoms with Crippen LogP contribution in [0.4, 0.5) is 5.69 Å². The molecule has 2 amide bonds. The lowest BCUT2D eigenvalue weighted by molar-refractivity contribution is -0.113. The van der Waals surface area contributed by atoms with Gasteiger partial charge in [-0.15, -0.1) is 10.2 Å². The minimum Gasteiger partial charge on any atom is -0.342 e. The standard InChI is InChI=1S/C22H24ClN5O2S/c1-14(2)19(25-21(30)15-8-5-4-6-9-15)20-26-27-22(28(20)3)31-13-18(29)24-17-11-7-10-16(23)12-17/h4-12,14,19H,13H2,1-3H3,(H,24,29)(H,25,30). The minimum absolute atomic E-state index is 0.0968. The van der Waals surface area contributed by atoms with Crippen LogP contribution in [-0.2, 0) is 11.8 Å². The van der Waals surface area contributed by atoms with E-state index in [9.17, 15) is 9.59 Å². The molecule has 0 spiro atoms. The Kier molecular flexibility index (Phi) is 7.70. The number of benzene rings is 2. The zero-order valence-corrected chi connectivity index (χ0v) is 19.1. The fourth-order valence-corrected chi connectivity index (χ4v) is 3.87. The van der Waals surface area contributed by atoms with Crippen LogP contribution < -0.4 is 10.6 Å². The average Bonchev–Trinajstić information content (AvgIpc) is 3.10. The van der Waals surface area contributed by atoms with Crippen molar-refractivity contribution in [3.8, 4) is 0 Å². The SMILES string of the molecule is CC(C)C(NC(=O)c1ccccc1)c1nnc(SCC(=O)Nc2cccc(Cl)c2)n1C. The van der Waals surface area contributed by atoms with Gasteiger partial charge in [-0.25, -0.2) is 0 Å². The highest BCUT2D eigenvalue weighted by Gasteiger charge is 2.25. The Balaban J connectivity index is 1.65. The summed E-state index contributed by atoms with van der Waals surface area (Å²) in [6, 6.07) is 15.7. The molecule has 31 heavy (non-hydrogen) atoms. The molecule has 0 aliphatic carbocycles. The van der Waals surface area contributed by atoms with Gasteiger partial charge in [0.05, 0.1) is 11.8 Å². The summed E-state index contributed by atoms with van der Waals surface area (Å²) >= 11 is 7.22. The van der Waals surface area contributed by atoms with Crippen molar-refractivity contribution in [2.75, 3.05) is 11.1 Å². The number of carbonyl (C=O) groups is 2. The van der Waals surface area contributed by atoms with Crippen LogP contribution in [0, 0.1) is 5.92 Å². The lowest BCUT2D eigenvalue weighted by Crippen LogP contribution is -2.33. The zero-order chi connectivity index (χ0) is 22.4. The first kappa shape index (κ1) is 22.8. The van der Waals surface area contributed by atoms with Gasteiger partial charge in [0, 0.05) is 23.3 Å². The fraction of sp³-hybridized carbons (Fsp3) is 0.273. The van der Waals surface area contributed by atoms with Crippen molar-refractivity contribution in [3.63, 3.8) is 0 Å². The molecular formula is C22H24ClN5O2S. The Morgan fingerprint density at radius 1 is 1.10 bits per heavy atom. The topological polar surface area (TPSA) is 88.9 Å². The molecule has 7 nitrogen and oxygen atoms in total. The van der Waals surface area contributed by atoms with E-state index < -0.39 is 0 Å². The number of rotatable bonds is 8. The van der Waals surface area contributed by atoms with Gasteiger partial charge in [-0.3, -0.25) is 9.59 Å². The highest BCUT2D eigenvalue weighted by Crippen LogP contribution is 2.24. The summed E-state index contributed by atoms with van der Waals surface area (Å²) in [5, 5.41) is 15.5. The Morgan fingerprint density at radius 2 is 1.84 bits per heavy atom. The van der Waals surface area contributed by atoms with Gasteiger partial charge in [0.1, 0.15) is 0 Å². The third-order valence-corrected chi connectivity index (χ3v) is 5.83. The van der Waals surface area contributed by atoms with Crippen molar-refractivity contribution in [3.05, 3.63) is 71.0 Å². The second kappa shape index (κ2) is 10.5. The van der Waals surface area contributed by atoms with E-state index in [4.69, 9.17) is 11.6 Å². The maximum Gasteiger partial charge on any atom is 0.251 e. The van der Waals surface area contributed by atoms with Crippen LogP contribution in [0.3, 0.4) is 0 Å². The number of halogens is 1. The first-order chi connectivity index (χ1) is 14.8. The third-order valence-electron chi connectivity index (χ3n) is 4.58. The Hall–Kier alpha value is -2.84. The molecule has 0 aliphatic rings. The molecule has 162 valence electrons. The Bertz CT molecular complexity index is 1060. The van der Waals surface area contributed by atoms with Gasteiger partial charge in [-0.2, -0.15) is 0 Å². The van der Waals surface area contributed by atoms with E-state index in [2.05, 4.69) is 20.8 Å². The van der Waals surface area contributed by atoms with E-state index in [0.717, 1.165) is 0 Å². The molecule has 1 unspecified atom stereocenters. The first-order valence-corrected chi connectivity index (χ1v) is 11.1. The smallest absolute Gasteiger partial charge is 0.251 e. The van der Waals surface area contributed by atoms with E-state index >= 15 is 0 Å². The summed E-state index contributed by atoms with van der Waals surface area (Å²) in [6.45, 7) is 4.02.